The van der Waals surface area contributed by atoms with E-state index in [-0.39, 0.29) is 37.5 Å². The zero-order valence-corrected chi connectivity index (χ0v) is 45.0. The van der Waals surface area contributed by atoms with Gasteiger partial charge in [0.2, 0.25) is 0 Å². The van der Waals surface area contributed by atoms with Gasteiger partial charge in [-0.05, 0) is 116 Å². The molecule has 0 aliphatic heterocycles. The monoisotopic (exact) mass is 959 g/mol. The number of esters is 3. The van der Waals surface area contributed by atoms with Gasteiger partial charge in [0.1, 0.15) is 13.2 Å². The molecule has 0 aromatic rings. The summed E-state index contributed by atoms with van der Waals surface area (Å²) in [5.41, 5.74) is 0. The molecule has 0 saturated heterocycles. The van der Waals surface area contributed by atoms with Gasteiger partial charge in [0, 0.05) is 19.3 Å². The number of rotatable bonds is 51. The first-order valence-corrected chi connectivity index (χ1v) is 28.7. The summed E-state index contributed by atoms with van der Waals surface area (Å²) in [4.78, 5) is 38.1. The van der Waals surface area contributed by atoms with Gasteiger partial charge < -0.3 is 14.2 Å². The topological polar surface area (TPSA) is 78.9 Å². The molecule has 0 radical (unpaired) electrons. The van der Waals surface area contributed by atoms with E-state index in [1.54, 1.807) is 0 Å². The number of hydrogen-bond donors (Lipinski definition) is 0. The minimum atomic E-state index is -0.815. The minimum absolute atomic E-state index is 0.107. The van der Waals surface area contributed by atoms with Crippen molar-refractivity contribution in [3.63, 3.8) is 0 Å². The van der Waals surface area contributed by atoms with Gasteiger partial charge in [-0.2, -0.15) is 0 Å². The Morgan fingerprint density at radius 1 is 0.304 bits per heavy atom. The standard InChI is InChI=1S/C63H106O6/c1-4-7-10-13-16-19-22-25-28-31-33-35-38-41-44-47-50-53-56-62(65)68-59-60(58-67-61(64)55-52-49-46-43-40-37-34-30-27-24-21-18-15-12-9-6-3)69-63(66)57-54-51-48-45-42-39-36-32-29-26-23-20-17-14-11-8-5-2/h8,11,17,19-20,22,26,28-31,34,36,39,45,48,60H,4-7,9-10,12-16,18,21,23-25,27,32-33,35,37-38,40-44,46-47,49-59H2,1-3H3/b11-8-,20-17-,22-19-,29-26-,31-28-,34-30-,39-36-,48-45-. The average molecular weight is 960 g/mol. The fraction of sp³-hybridized carbons (Fsp3) is 0.698. The van der Waals surface area contributed by atoms with E-state index >= 15 is 0 Å². The number of unbranched alkanes of at least 4 members (excludes halogenated alkanes) is 24. The molecule has 0 aromatic heterocycles. The summed E-state index contributed by atoms with van der Waals surface area (Å²) in [6, 6.07) is 0. The third-order valence-electron chi connectivity index (χ3n) is 12.0. The minimum Gasteiger partial charge on any atom is -0.462 e. The third kappa shape index (κ3) is 55.1. The molecule has 6 heteroatoms. The highest BCUT2D eigenvalue weighted by atomic mass is 16.6. The Balaban J connectivity index is 4.50. The quantitative estimate of drug-likeness (QED) is 0.0262. The number of allylic oxidation sites excluding steroid dienone is 16. The van der Waals surface area contributed by atoms with Crippen LogP contribution in [0.5, 0.6) is 0 Å². The lowest BCUT2D eigenvalue weighted by Crippen LogP contribution is -2.30. The molecule has 0 N–H and O–H groups in total. The summed E-state index contributed by atoms with van der Waals surface area (Å²) >= 11 is 0. The molecular formula is C63H106O6. The summed E-state index contributed by atoms with van der Waals surface area (Å²) in [6.07, 6.45) is 75.4. The molecule has 6 nitrogen and oxygen atoms in total. The summed E-state index contributed by atoms with van der Waals surface area (Å²) < 4.78 is 16.8. The highest BCUT2D eigenvalue weighted by Crippen LogP contribution is 2.14. The van der Waals surface area contributed by atoms with Crippen molar-refractivity contribution < 1.29 is 28.6 Å². The molecule has 69 heavy (non-hydrogen) atoms. The largest absolute Gasteiger partial charge is 0.462 e. The summed E-state index contributed by atoms with van der Waals surface area (Å²) in [5.74, 6) is -0.979. The second kappa shape index (κ2) is 56.9. The van der Waals surface area contributed by atoms with Crippen molar-refractivity contribution in [3.05, 3.63) is 97.2 Å². The molecular weight excluding hydrogens is 853 g/mol. The van der Waals surface area contributed by atoms with Crippen LogP contribution in [-0.2, 0) is 28.6 Å². The number of hydrogen-bond acceptors (Lipinski definition) is 6. The lowest BCUT2D eigenvalue weighted by Gasteiger charge is -2.18. The van der Waals surface area contributed by atoms with Crippen LogP contribution in [0.25, 0.3) is 0 Å². The van der Waals surface area contributed by atoms with Crippen LogP contribution in [0.2, 0.25) is 0 Å². The maximum Gasteiger partial charge on any atom is 0.306 e. The fourth-order valence-corrected chi connectivity index (χ4v) is 7.74. The van der Waals surface area contributed by atoms with E-state index in [2.05, 4.69) is 118 Å². The lowest BCUT2D eigenvalue weighted by atomic mass is 10.1. The molecule has 0 saturated carbocycles. The zero-order chi connectivity index (χ0) is 50.0. The molecule has 0 aromatic carbocycles. The second-order valence-electron chi connectivity index (χ2n) is 18.8. The Morgan fingerprint density at radius 3 is 0.957 bits per heavy atom. The van der Waals surface area contributed by atoms with Gasteiger partial charge in [0.25, 0.3) is 0 Å². The Morgan fingerprint density at radius 2 is 0.580 bits per heavy atom. The van der Waals surface area contributed by atoms with Crippen molar-refractivity contribution in [1.82, 2.24) is 0 Å². The van der Waals surface area contributed by atoms with Crippen LogP contribution in [0.15, 0.2) is 97.2 Å². The first-order chi connectivity index (χ1) is 34.0. The van der Waals surface area contributed by atoms with Crippen LogP contribution in [0, 0.1) is 0 Å². The van der Waals surface area contributed by atoms with E-state index in [4.69, 9.17) is 14.2 Å². The molecule has 0 fully saturated rings. The van der Waals surface area contributed by atoms with Gasteiger partial charge in [-0.25, -0.2) is 0 Å². The number of carbonyl (C=O) groups is 3. The van der Waals surface area contributed by atoms with E-state index in [1.807, 2.05) is 0 Å². The van der Waals surface area contributed by atoms with Crippen LogP contribution in [0.3, 0.4) is 0 Å². The van der Waals surface area contributed by atoms with Gasteiger partial charge in [-0.3, -0.25) is 14.4 Å². The predicted octanol–water partition coefficient (Wildman–Crippen LogP) is 19.3. The van der Waals surface area contributed by atoms with Crippen LogP contribution in [-0.4, -0.2) is 37.2 Å². The molecule has 0 amide bonds. The molecule has 0 aliphatic carbocycles. The highest BCUT2D eigenvalue weighted by Gasteiger charge is 2.19. The lowest BCUT2D eigenvalue weighted by molar-refractivity contribution is -0.167. The molecule has 0 rings (SSSR count). The van der Waals surface area contributed by atoms with E-state index in [1.165, 1.54) is 116 Å². The van der Waals surface area contributed by atoms with Crippen molar-refractivity contribution in [1.29, 1.82) is 0 Å². The van der Waals surface area contributed by atoms with Crippen LogP contribution < -0.4 is 0 Å². The van der Waals surface area contributed by atoms with E-state index in [0.717, 1.165) is 103 Å². The average Bonchev–Trinajstić information content (AvgIpc) is 3.35. The second-order valence-corrected chi connectivity index (χ2v) is 18.8. The summed E-state index contributed by atoms with van der Waals surface area (Å²) in [7, 11) is 0. The predicted molar refractivity (Wildman–Crippen MR) is 297 cm³/mol. The smallest absolute Gasteiger partial charge is 0.306 e. The summed E-state index contributed by atoms with van der Waals surface area (Å²) in [6.45, 7) is 6.45. The Kier molecular flexibility index (Phi) is 53.9. The van der Waals surface area contributed by atoms with Gasteiger partial charge in [-0.15, -0.1) is 0 Å². The van der Waals surface area contributed by atoms with Gasteiger partial charge in [0.15, 0.2) is 6.10 Å². The van der Waals surface area contributed by atoms with Crippen molar-refractivity contribution in [2.24, 2.45) is 0 Å². The number of carbonyl (C=O) groups excluding carboxylic acids is 3. The normalized spacial score (nSPS) is 12.8. The highest BCUT2D eigenvalue weighted by molar-refractivity contribution is 5.71. The first-order valence-electron chi connectivity index (χ1n) is 28.7. The zero-order valence-electron chi connectivity index (χ0n) is 45.0. The molecule has 0 heterocycles. The van der Waals surface area contributed by atoms with Gasteiger partial charge in [-0.1, -0.05) is 227 Å². The van der Waals surface area contributed by atoms with Crippen molar-refractivity contribution in [2.45, 2.75) is 271 Å². The molecule has 394 valence electrons. The number of ether oxygens (including phenoxy) is 3. The molecule has 1 unspecified atom stereocenters. The Hall–Kier alpha value is -3.67. The molecule has 0 bridgehead atoms. The maximum atomic E-state index is 12.8. The van der Waals surface area contributed by atoms with Crippen LogP contribution >= 0.6 is 0 Å². The van der Waals surface area contributed by atoms with Crippen molar-refractivity contribution in [2.75, 3.05) is 13.2 Å². The van der Waals surface area contributed by atoms with E-state index in [0.29, 0.717) is 19.3 Å². The Bertz CT molecular complexity index is 1380. The van der Waals surface area contributed by atoms with Gasteiger partial charge in [0.05, 0.1) is 0 Å². The summed E-state index contributed by atoms with van der Waals surface area (Å²) in [5, 5.41) is 0. The van der Waals surface area contributed by atoms with E-state index in [9.17, 15) is 14.4 Å². The molecule has 0 aliphatic rings. The van der Waals surface area contributed by atoms with Crippen molar-refractivity contribution >= 4 is 17.9 Å². The first kappa shape index (κ1) is 65.3. The van der Waals surface area contributed by atoms with Crippen molar-refractivity contribution in [3.8, 4) is 0 Å². The molecule has 0 spiro atoms. The third-order valence-corrected chi connectivity index (χ3v) is 12.0. The van der Waals surface area contributed by atoms with Crippen LogP contribution in [0.1, 0.15) is 265 Å². The fourth-order valence-electron chi connectivity index (χ4n) is 7.74. The maximum absolute atomic E-state index is 12.8. The van der Waals surface area contributed by atoms with Gasteiger partial charge >= 0.3 is 17.9 Å². The van der Waals surface area contributed by atoms with Crippen LogP contribution in [0.4, 0.5) is 0 Å². The van der Waals surface area contributed by atoms with E-state index < -0.39 is 6.10 Å². The SMILES string of the molecule is CC/C=C\C/C=C\C/C=C\C/C=C\C/C=C\CCCC(=O)OC(COC(=O)CCCCCCC/C=C\CCCCCCCCC)COC(=O)CCCCCCCCC/C=C\C/C=C\CCCCCC. The Labute approximate surface area is 426 Å². The molecule has 1 atom stereocenters.